The van der Waals surface area contributed by atoms with E-state index in [1.165, 1.54) is 11.1 Å². The number of amides is 1. The molecule has 1 aliphatic rings. The van der Waals surface area contributed by atoms with Crippen molar-refractivity contribution in [3.05, 3.63) is 29.3 Å². The van der Waals surface area contributed by atoms with Crippen LogP contribution in [-0.4, -0.2) is 18.2 Å². The average Bonchev–Trinajstić information content (AvgIpc) is 2.78. The van der Waals surface area contributed by atoms with Gasteiger partial charge in [0.05, 0.1) is 0 Å². The summed E-state index contributed by atoms with van der Waals surface area (Å²) in [5.74, 6) is 1.44. The van der Waals surface area contributed by atoms with Crippen molar-refractivity contribution < 1.29 is 4.79 Å². The quantitative estimate of drug-likeness (QED) is 0.828. The molecule has 1 aromatic carbocycles. The van der Waals surface area contributed by atoms with Crippen LogP contribution in [0.3, 0.4) is 0 Å². The van der Waals surface area contributed by atoms with Crippen molar-refractivity contribution >= 4 is 24.2 Å². The molecular formula is C15H21NOS. The molecule has 0 bridgehead atoms. The van der Waals surface area contributed by atoms with Crippen molar-refractivity contribution in [1.82, 2.24) is 0 Å². The monoisotopic (exact) mass is 263 g/mol. The smallest absolute Gasteiger partial charge is 0.227 e. The fraction of sp³-hybridized carbons (Fsp3) is 0.533. The third kappa shape index (κ3) is 2.41. The summed E-state index contributed by atoms with van der Waals surface area (Å²) in [6.07, 6.45) is 2.59. The van der Waals surface area contributed by atoms with Crippen LogP contribution in [0.5, 0.6) is 0 Å². The Labute approximate surface area is 115 Å². The third-order valence-corrected chi connectivity index (χ3v) is 4.21. The molecule has 1 heterocycles. The number of aryl methyl sites for hydroxylation is 2. The highest BCUT2D eigenvalue weighted by molar-refractivity contribution is 7.80. The summed E-state index contributed by atoms with van der Waals surface area (Å²) < 4.78 is 0. The standard InChI is InChI=1S/C15H21NOS/c1-3-12-6-5-7-13(4-2)15(12)16-9-11(10-18)8-14(16)17/h5-7,11,18H,3-4,8-10H2,1-2H3. The molecule has 1 fully saturated rings. The molecule has 1 aromatic rings. The number of para-hydroxylation sites is 1. The van der Waals surface area contributed by atoms with Crippen molar-refractivity contribution in [2.24, 2.45) is 5.92 Å². The molecule has 2 nitrogen and oxygen atoms in total. The Bertz CT molecular complexity index is 422. The molecule has 18 heavy (non-hydrogen) atoms. The van der Waals surface area contributed by atoms with Gasteiger partial charge in [0.1, 0.15) is 0 Å². The van der Waals surface area contributed by atoms with Gasteiger partial charge in [0.25, 0.3) is 0 Å². The lowest BCUT2D eigenvalue weighted by Crippen LogP contribution is -2.27. The Morgan fingerprint density at radius 1 is 1.28 bits per heavy atom. The van der Waals surface area contributed by atoms with Gasteiger partial charge in [-0.25, -0.2) is 0 Å². The third-order valence-electron chi connectivity index (χ3n) is 3.70. The number of thiol groups is 1. The summed E-state index contributed by atoms with van der Waals surface area (Å²) in [6, 6.07) is 6.36. The van der Waals surface area contributed by atoms with E-state index in [1.54, 1.807) is 0 Å². The summed E-state index contributed by atoms with van der Waals surface area (Å²) in [4.78, 5) is 14.2. The zero-order valence-corrected chi connectivity index (χ0v) is 12.0. The molecule has 0 radical (unpaired) electrons. The Morgan fingerprint density at radius 3 is 2.33 bits per heavy atom. The van der Waals surface area contributed by atoms with Crippen LogP contribution in [-0.2, 0) is 17.6 Å². The van der Waals surface area contributed by atoms with Crippen molar-refractivity contribution in [3.8, 4) is 0 Å². The highest BCUT2D eigenvalue weighted by atomic mass is 32.1. The normalized spacial score (nSPS) is 19.6. The number of hydrogen-bond acceptors (Lipinski definition) is 2. The first kappa shape index (κ1) is 13.5. The van der Waals surface area contributed by atoms with E-state index >= 15 is 0 Å². The van der Waals surface area contributed by atoms with Crippen LogP contribution < -0.4 is 4.90 Å². The van der Waals surface area contributed by atoms with Crippen molar-refractivity contribution in [2.45, 2.75) is 33.1 Å². The van der Waals surface area contributed by atoms with Gasteiger partial charge < -0.3 is 4.90 Å². The minimum absolute atomic E-state index is 0.254. The molecule has 1 atom stereocenters. The Balaban J connectivity index is 2.40. The molecule has 2 rings (SSSR count). The van der Waals surface area contributed by atoms with Gasteiger partial charge in [-0.1, -0.05) is 32.0 Å². The second-order valence-electron chi connectivity index (χ2n) is 4.89. The number of carbonyl (C=O) groups is 1. The lowest BCUT2D eigenvalue weighted by Gasteiger charge is -2.23. The van der Waals surface area contributed by atoms with Crippen LogP contribution in [0.4, 0.5) is 5.69 Å². The summed E-state index contributed by atoms with van der Waals surface area (Å²) in [5.41, 5.74) is 3.72. The highest BCUT2D eigenvalue weighted by Crippen LogP contribution is 2.32. The van der Waals surface area contributed by atoms with E-state index in [4.69, 9.17) is 0 Å². The van der Waals surface area contributed by atoms with Crippen LogP contribution in [0, 0.1) is 5.92 Å². The molecular weight excluding hydrogens is 242 g/mol. The lowest BCUT2D eigenvalue weighted by atomic mass is 10.0. The minimum Gasteiger partial charge on any atom is -0.312 e. The number of carbonyl (C=O) groups excluding carboxylic acids is 1. The zero-order chi connectivity index (χ0) is 13.1. The molecule has 98 valence electrons. The molecule has 1 unspecified atom stereocenters. The van der Waals surface area contributed by atoms with Gasteiger partial charge in [-0.05, 0) is 35.6 Å². The van der Waals surface area contributed by atoms with E-state index in [-0.39, 0.29) is 5.91 Å². The lowest BCUT2D eigenvalue weighted by molar-refractivity contribution is -0.117. The van der Waals surface area contributed by atoms with Gasteiger partial charge in [0.2, 0.25) is 5.91 Å². The molecule has 1 amide bonds. The molecule has 0 aliphatic carbocycles. The number of rotatable bonds is 4. The molecule has 0 aromatic heterocycles. The fourth-order valence-corrected chi connectivity index (χ4v) is 2.93. The topological polar surface area (TPSA) is 20.3 Å². The number of nitrogens with zero attached hydrogens (tertiary/aromatic N) is 1. The largest absolute Gasteiger partial charge is 0.312 e. The Hall–Kier alpha value is -0.960. The van der Waals surface area contributed by atoms with E-state index in [9.17, 15) is 4.79 Å². The van der Waals surface area contributed by atoms with Gasteiger partial charge in [-0.2, -0.15) is 12.6 Å². The number of hydrogen-bond donors (Lipinski definition) is 1. The summed E-state index contributed by atoms with van der Waals surface area (Å²) in [7, 11) is 0. The number of benzene rings is 1. The van der Waals surface area contributed by atoms with Crippen LogP contribution in [0.2, 0.25) is 0 Å². The van der Waals surface area contributed by atoms with Crippen LogP contribution in [0.25, 0.3) is 0 Å². The van der Waals surface area contributed by atoms with Crippen LogP contribution >= 0.6 is 12.6 Å². The first-order valence-corrected chi connectivity index (χ1v) is 7.36. The number of anilines is 1. The summed E-state index contributed by atoms with van der Waals surface area (Å²) in [5, 5.41) is 0. The first-order chi connectivity index (χ1) is 8.71. The van der Waals surface area contributed by atoms with E-state index in [0.29, 0.717) is 12.3 Å². The maximum absolute atomic E-state index is 12.2. The van der Waals surface area contributed by atoms with Crippen molar-refractivity contribution in [3.63, 3.8) is 0 Å². The van der Waals surface area contributed by atoms with Crippen LogP contribution in [0.15, 0.2) is 18.2 Å². The van der Waals surface area contributed by atoms with E-state index in [0.717, 1.165) is 30.8 Å². The summed E-state index contributed by atoms with van der Waals surface area (Å²) in [6.45, 7) is 5.12. The van der Waals surface area contributed by atoms with Gasteiger partial charge >= 0.3 is 0 Å². The van der Waals surface area contributed by atoms with E-state index in [1.807, 2.05) is 4.90 Å². The maximum atomic E-state index is 12.2. The molecule has 1 aliphatic heterocycles. The average molecular weight is 263 g/mol. The van der Waals surface area contributed by atoms with E-state index in [2.05, 4.69) is 44.7 Å². The SMILES string of the molecule is CCc1cccc(CC)c1N1CC(CS)CC1=O. The summed E-state index contributed by atoms with van der Waals surface area (Å²) >= 11 is 4.33. The Morgan fingerprint density at radius 2 is 1.89 bits per heavy atom. The van der Waals surface area contributed by atoms with Gasteiger partial charge in [0, 0.05) is 18.7 Å². The van der Waals surface area contributed by atoms with Crippen molar-refractivity contribution in [1.29, 1.82) is 0 Å². The second kappa shape index (κ2) is 5.79. The highest BCUT2D eigenvalue weighted by Gasteiger charge is 2.31. The fourth-order valence-electron chi connectivity index (χ4n) is 2.68. The van der Waals surface area contributed by atoms with Gasteiger partial charge in [0.15, 0.2) is 0 Å². The van der Waals surface area contributed by atoms with Crippen LogP contribution in [0.1, 0.15) is 31.4 Å². The first-order valence-electron chi connectivity index (χ1n) is 6.73. The molecule has 0 spiro atoms. The molecule has 0 N–H and O–H groups in total. The zero-order valence-electron chi connectivity index (χ0n) is 11.1. The maximum Gasteiger partial charge on any atom is 0.227 e. The minimum atomic E-state index is 0.254. The van der Waals surface area contributed by atoms with Gasteiger partial charge in [-0.15, -0.1) is 0 Å². The van der Waals surface area contributed by atoms with Crippen molar-refractivity contribution in [2.75, 3.05) is 17.2 Å². The molecule has 1 saturated heterocycles. The molecule has 0 saturated carbocycles. The predicted molar refractivity (Wildman–Crippen MR) is 79.5 cm³/mol. The molecule has 3 heteroatoms. The van der Waals surface area contributed by atoms with Gasteiger partial charge in [-0.3, -0.25) is 4.79 Å². The predicted octanol–water partition coefficient (Wildman–Crippen LogP) is 3.09. The van der Waals surface area contributed by atoms with E-state index < -0.39 is 0 Å². The Kier molecular flexibility index (Phi) is 4.33. The second-order valence-corrected chi connectivity index (χ2v) is 5.25.